The van der Waals surface area contributed by atoms with E-state index in [9.17, 15) is 0 Å². The van der Waals surface area contributed by atoms with Crippen LogP contribution in [0.5, 0.6) is 0 Å². The highest BCUT2D eigenvalue weighted by Crippen LogP contribution is 2.40. The molecule has 0 fully saturated rings. The van der Waals surface area contributed by atoms with Gasteiger partial charge in [-0.1, -0.05) is 191 Å². The van der Waals surface area contributed by atoms with Crippen molar-refractivity contribution in [3.8, 4) is 39.1 Å². The fourth-order valence-corrected chi connectivity index (χ4v) is 9.22. The second-order valence-corrected chi connectivity index (χ2v) is 17.0. The zero-order valence-corrected chi connectivity index (χ0v) is 34.7. The third-order valence-electron chi connectivity index (χ3n) is 12.2. The van der Waals surface area contributed by atoms with Crippen LogP contribution in [0.15, 0.2) is 207 Å². The van der Waals surface area contributed by atoms with E-state index in [0.717, 1.165) is 11.3 Å². The molecule has 0 bridgehead atoms. The SMILES string of the molecule is C=C(/C=C\C=C/C)c1ccc(-c2cccc(-n3c4ccccc4c4ccc(-c5cccc(-c6ccc7c8ccccc8c8ccccc8c7c6)c5)cc43)c2)cc1C(C)(C)C. The highest BCUT2D eigenvalue weighted by atomic mass is 15.0. The summed E-state index contributed by atoms with van der Waals surface area (Å²) >= 11 is 0. The molecule has 0 aliphatic rings. The van der Waals surface area contributed by atoms with E-state index in [1.165, 1.54) is 98.6 Å². The van der Waals surface area contributed by atoms with Gasteiger partial charge in [0.25, 0.3) is 0 Å². The lowest BCUT2D eigenvalue weighted by Crippen LogP contribution is -2.14. The Bertz CT molecular complexity index is 3340. The summed E-state index contributed by atoms with van der Waals surface area (Å²) in [6.07, 6.45) is 8.25. The molecule has 0 amide bonds. The molecule has 1 heterocycles. The van der Waals surface area contributed by atoms with Gasteiger partial charge in [-0.25, -0.2) is 0 Å². The highest BCUT2D eigenvalue weighted by molar-refractivity contribution is 6.25. The quantitative estimate of drug-likeness (QED) is 0.112. The van der Waals surface area contributed by atoms with Gasteiger partial charge in [0, 0.05) is 16.5 Å². The van der Waals surface area contributed by atoms with Crippen molar-refractivity contribution in [2.24, 2.45) is 0 Å². The Morgan fingerprint density at radius 3 is 1.60 bits per heavy atom. The minimum atomic E-state index is -0.0571. The van der Waals surface area contributed by atoms with Crippen LogP contribution in [0.2, 0.25) is 0 Å². The van der Waals surface area contributed by atoms with Crippen molar-refractivity contribution in [1.29, 1.82) is 0 Å². The molecule has 288 valence electrons. The number of aromatic nitrogens is 1. The second kappa shape index (κ2) is 14.9. The van der Waals surface area contributed by atoms with Crippen LogP contribution in [0.25, 0.3) is 98.8 Å². The Morgan fingerprint density at radius 1 is 0.433 bits per heavy atom. The molecule has 0 radical (unpaired) electrons. The first-order chi connectivity index (χ1) is 29.3. The maximum absolute atomic E-state index is 4.43. The van der Waals surface area contributed by atoms with Crippen molar-refractivity contribution >= 4 is 59.7 Å². The normalized spacial score (nSPS) is 12.3. The molecule has 1 heteroatoms. The summed E-state index contributed by atoms with van der Waals surface area (Å²) in [4.78, 5) is 0. The van der Waals surface area contributed by atoms with Crippen LogP contribution < -0.4 is 0 Å². The van der Waals surface area contributed by atoms with Gasteiger partial charge >= 0.3 is 0 Å². The van der Waals surface area contributed by atoms with E-state index in [1.54, 1.807) is 0 Å². The Balaban J connectivity index is 1.07. The lowest BCUT2D eigenvalue weighted by molar-refractivity contribution is 0.589. The van der Waals surface area contributed by atoms with Gasteiger partial charge in [0.05, 0.1) is 11.0 Å². The summed E-state index contributed by atoms with van der Waals surface area (Å²) in [5.74, 6) is 0. The molecule has 0 N–H and O–H groups in total. The van der Waals surface area contributed by atoms with E-state index >= 15 is 0 Å². The lowest BCUT2D eigenvalue weighted by Gasteiger charge is -2.24. The number of rotatable bonds is 7. The van der Waals surface area contributed by atoms with Gasteiger partial charge in [0.15, 0.2) is 0 Å². The van der Waals surface area contributed by atoms with Crippen LogP contribution in [0.3, 0.4) is 0 Å². The molecule has 0 unspecified atom stereocenters. The standard InChI is InChI=1S/C59H47N/c1-6-7-8-17-39(2)47-31-28-44(37-56(47)59(3,4)5)42-20-16-21-46(35-42)60-57-27-14-13-26-53(57)54-33-30-45(38-58(54)60)41-19-15-18-40(34-41)43-29-32-52-50-24-10-9-22-48(50)49-23-11-12-25-51(49)55(52)36-43/h6-38H,2H2,1,3-5H3/b7-6-,17-8-. The molecular weight excluding hydrogens is 723 g/mol. The summed E-state index contributed by atoms with van der Waals surface area (Å²) in [5.41, 5.74) is 14.2. The summed E-state index contributed by atoms with van der Waals surface area (Å²) in [6, 6.07) is 65.2. The Labute approximate surface area is 352 Å². The first-order valence-corrected chi connectivity index (χ1v) is 21.0. The van der Waals surface area contributed by atoms with Gasteiger partial charge in [-0.3, -0.25) is 0 Å². The molecule has 0 atom stereocenters. The Kier molecular flexibility index (Phi) is 9.18. The number of hydrogen-bond acceptors (Lipinski definition) is 0. The minimum Gasteiger partial charge on any atom is -0.309 e. The van der Waals surface area contributed by atoms with E-state index in [2.05, 4.69) is 220 Å². The van der Waals surface area contributed by atoms with E-state index in [-0.39, 0.29) is 5.41 Å². The van der Waals surface area contributed by atoms with Crippen LogP contribution in [-0.2, 0) is 5.41 Å². The van der Waals surface area contributed by atoms with E-state index in [0.29, 0.717) is 0 Å². The van der Waals surface area contributed by atoms with Crippen molar-refractivity contribution < 1.29 is 0 Å². The van der Waals surface area contributed by atoms with E-state index < -0.39 is 0 Å². The monoisotopic (exact) mass is 769 g/mol. The molecule has 1 nitrogen and oxygen atoms in total. The lowest BCUT2D eigenvalue weighted by atomic mass is 9.80. The van der Waals surface area contributed by atoms with Gasteiger partial charge in [0.1, 0.15) is 0 Å². The van der Waals surface area contributed by atoms with Crippen molar-refractivity contribution in [3.63, 3.8) is 0 Å². The van der Waals surface area contributed by atoms with Gasteiger partial charge in [0.2, 0.25) is 0 Å². The fourth-order valence-electron chi connectivity index (χ4n) is 9.22. The van der Waals surface area contributed by atoms with Gasteiger partial charge in [-0.15, -0.1) is 0 Å². The summed E-state index contributed by atoms with van der Waals surface area (Å²) in [5, 5.41) is 10.2. The van der Waals surface area contributed by atoms with Crippen molar-refractivity contribution in [1.82, 2.24) is 4.57 Å². The Morgan fingerprint density at radius 2 is 0.933 bits per heavy atom. The van der Waals surface area contributed by atoms with Crippen LogP contribution >= 0.6 is 0 Å². The molecule has 0 saturated heterocycles. The van der Waals surface area contributed by atoms with Gasteiger partial charge < -0.3 is 4.57 Å². The largest absolute Gasteiger partial charge is 0.309 e. The third-order valence-corrected chi connectivity index (χ3v) is 12.2. The summed E-state index contributed by atoms with van der Waals surface area (Å²) in [7, 11) is 0. The smallest absolute Gasteiger partial charge is 0.0547 e. The number of benzene rings is 9. The van der Waals surface area contributed by atoms with Crippen LogP contribution in [-0.4, -0.2) is 4.57 Å². The number of nitrogens with zero attached hydrogens (tertiary/aromatic N) is 1. The molecule has 1 aromatic heterocycles. The summed E-state index contributed by atoms with van der Waals surface area (Å²) in [6.45, 7) is 13.3. The average Bonchev–Trinajstić information content (AvgIpc) is 3.62. The topological polar surface area (TPSA) is 4.93 Å². The zero-order valence-electron chi connectivity index (χ0n) is 34.7. The minimum absolute atomic E-state index is 0.0571. The molecule has 0 aliphatic heterocycles. The van der Waals surface area contributed by atoms with E-state index in [1.807, 2.05) is 19.1 Å². The summed E-state index contributed by atoms with van der Waals surface area (Å²) < 4.78 is 2.44. The highest BCUT2D eigenvalue weighted by Gasteiger charge is 2.21. The van der Waals surface area contributed by atoms with Crippen molar-refractivity contribution in [2.75, 3.05) is 0 Å². The molecule has 10 aromatic rings. The van der Waals surface area contributed by atoms with Gasteiger partial charge in [-0.05, 0) is 131 Å². The molecule has 10 rings (SSSR count). The number of para-hydroxylation sites is 1. The van der Waals surface area contributed by atoms with Crippen LogP contribution in [0.4, 0.5) is 0 Å². The van der Waals surface area contributed by atoms with E-state index in [4.69, 9.17) is 0 Å². The number of allylic oxidation sites excluding steroid dienone is 5. The predicted molar refractivity (Wildman–Crippen MR) is 261 cm³/mol. The second-order valence-electron chi connectivity index (χ2n) is 17.0. The third kappa shape index (κ3) is 6.44. The van der Waals surface area contributed by atoms with Gasteiger partial charge in [-0.2, -0.15) is 0 Å². The molecule has 0 aliphatic carbocycles. The zero-order chi connectivity index (χ0) is 41.0. The molecule has 60 heavy (non-hydrogen) atoms. The fraction of sp³-hybridized carbons (Fsp3) is 0.0847. The first kappa shape index (κ1) is 37.1. The number of hydrogen-bond donors (Lipinski definition) is 0. The average molecular weight is 770 g/mol. The van der Waals surface area contributed by atoms with Crippen LogP contribution in [0.1, 0.15) is 38.8 Å². The van der Waals surface area contributed by atoms with Crippen molar-refractivity contribution in [2.45, 2.75) is 33.1 Å². The first-order valence-electron chi connectivity index (χ1n) is 21.0. The van der Waals surface area contributed by atoms with Crippen molar-refractivity contribution in [3.05, 3.63) is 218 Å². The number of fused-ring (bicyclic) bond motifs is 9. The molecule has 0 spiro atoms. The molecule has 0 saturated carbocycles. The molecular formula is C59H47N. The molecule has 9 aromatic carbocycles. The maximum Gasteiger partial charge on any atom is 0.0547 e. The Hall–Kier alpha value is -7.22. The predicted octanol–water partition coefficient (Wildman–Crippen LogP) is 16.7. The maximum atomic E-state index is 4.43. The van der Waals surface area contributed by atoms with Crippen LogP contribution in [0, 0.1) is 0 Å².